The van der Waals surface area contributed by atoms with E-state index in [-0.39, 0.29) is 0 Å². The minimum absolute atomic E-state index is 0.423. The molecule has 0 saturated heterocycles. The molecular weight excluding hydrogens is 301 g/mol. The number of hydrogen-bond acceptors (Lipinski definition) is 3. The Balaban J connectivity index is 2.98. The first kappa shape index (κ1) is 14.5. The maximum Gasteiger partial charge on any atom is 0.391 e. The minimum atomic E-state index is -4.28. The number of aryl methyl sites for hydroxylation is 1. The molecule has 8 heteroatoms. The van der Waals surface area contributed by atoms with Gasteiger partial charge in [-0.05, 0) is 22.4 Å². The lowest BCUT2D eigenvalue weighted by molar-refractivity contribution is -0.140. The number of nitrogens with zero attached hydrogens (tertiary/aromatic N) is 2. The highest BCUT2D eigenvalue weighted by molar-refractivity contribution is 9.10. The van der Waals surface area contributed by atoms with Gasteiger partial charge in [0, 0.05) is 6.54 Å². The minimum Gasteiger partial charge on any atom is -0.271 e. The average Bonchev–Trinajstić information content (AvgIpc) is 2.56. The van der Waals surface area contributed by atoms with E-state index in [0.717, 1.165) is 6.42 Å². The number of nitrogens with two attached hydrogens (primary N) is 1. The van der Waals surface area contributed by atoms with Crippen LogP contribution >= 0.6 is 15.9 Å². The van der Waals surface area contributed by atoms with Crippen LogP contribution in [-0.2, 0) is 6.54 Å². The van der Waals surface area contributed by atoms with E-state index >= 15 is 0 Å². The Labute approximate surface area is 105 Å². The zero-order valence-corrected chi connectivity index (χ0v) is 10.8. The Morgan fingerprint density at radius 3 is 2.71 bits per heavy atom. The van der Waals surface area contributed by atoms with Gasteiger partial charge in [0.15, 0.2) is 0 Å². The monoisotopic (exact) mass is 314 g/mol. The van der Waals surface area contributed by atoms with Crippen molar-refractivity contribution >= 4 is 15.9 Å². The van der Waals surface area contributed by atoms with Crippen LogP contribution in [0.2, 0.25) is 0 Å². The van der Waals surface area contributed by atoms with Crippen molar-refractivity contribution in [1.29, 1.82) is 0 Å². The maximum atomic E-state index is 12.4. The summed E-state index contributed by atoms with van der Waals surface area (Å²) in [5, 5.41) is 4.01. The van der Waals surface area contributed by atoms with E-state index in [1.165, 1.54) is 10.9 Å². The zero-order valence-electron chi connectivity index (χ0n) is 9.26. The first-order chi connectivity index (χ1) is 7.89. The highest BCUT2D eigenvalue weighted by Crippen LogP contribution is 2.32. The third kappa shape index (κ3) is 3.97. The summed E-state index contributed by atoms with van der Waals surface area (Å²) in [6, 6.07) is -1.00. The van der Waals surface area contributed by atoms with Gasteiger partial charge in [-0.15, -0.1) is 0 Å². The van der Waals surface area contributed by atoms with E-state index < -0.39 is 18.6 Å². The summed E-state index contributed by atoms with van der Waals surface area (Å²) in [6.45, 7) is 2.48. The van der Waals surface area contributed by atoms with Crippen LogP contribution in [0.5, 0.6) is 0 Å². The summed E-state index contributed by atoms with van der Waals surface area (Å²) in [7, 11) is 0. The molecular formula is C9H14BrF3N4. The molecule has 0 aliphatic carbocycles. The molecule has 0 fully saturated rings. The van der Waals surface area contributed by atoms with Crippen LogP contribution in [0.1, 0.15) is 31.5 Å². The molecule has 0 aliphatic heterocycles. The van der Waals surface area contributed by atoms with Gasteiger partial charge < -0.3 is 0 Å². The van der Waals surface area contributed by atoms with Crippen molar-refractivity contribution in [2.24, 2.45) is 5.84 Å². The lowest BCUT2D eigenvalue weighted by Crippen LogP contribution is -2.33. The molecule has 1 rings (SSSR count). The normalized spacial score (nSPS) is 14.0. The number of alkyl halides is 3. The second-order valence-corrected chi connectivity index (χ2v) is 4.49. The van der Waals surface area contributed by atoms with E-state index in [2.05, 4.69) is 26.5 Å². The summed E-state index contributed by atoms with van der Waals surface area (Å²) < 4.78 is 39.2. The van der Waals surface area contributed by atoms with Gasteiger partial charge in [0.05, 0.1) is 28.8 Å². The lowest BCUT2D eigenvalue weighted by atomic mass is 10.1. The van der Waals surface area contributed by atoms with Gasteiger partial charge >= 0.3 is 6.18 Å². The molecule has 0 radical (unpaired) electrons. The third-order valence-electron chi connectivity index (χ3n) is 2.24. The zero-order chi connectivity index (χ0) is 13.1. The van der Waals surface area contributed by atoms with E-state index in [4.69, 9.17) is 5.84 Å². The van der Waals surface area contributed by atoms with Gasteiger partial charge in [-0.1, -0.05) is 6.92 Å². The Morgan fingerprint density at radius 2 is 2.24 bits per heavy atom. The van der Waals surface area contributed by atoms with Gasteiger partial charge in [0.2, 0.25) is 0 Å². The fourth-order valence-electron chi connectivity index (χ4n) is 1.57. The molecule has 0 amide bonds. The first-order valence-electron chi connectivity index (χ1n) is 5.13. The molecule has 0 spiro atoms. The van der Waals surface area contributed by atoms with E-state index in [0.29, 0.717) is 16.7 Å². The molecule has 0 saturated carbocycles. The molecule has 1 aromatic heterocycles. The van der Waals surface area contributed by atoms with Crippen molar-refractivity contribution in [3.05, 3.63) is 16.4 Å². The molecule has 1 aromatic rings. The van der Waals surface area contributed by atoms with Crippen molar-refractivity contribution in [1.82, 2.24) is 15.2 Å². The molecule has 3 N–H and O–H groups in total. The summed E-state index contributed by atoms with van der Waals surface area (Å²) in [5.41, 5.74) is 2.61. The Morgan fingerprint density at radius 1 is 1.59 bits per heavy atom. The highest BCUT2D eigenvalue weighted by atomic mass is 79.9. The van der Waals surface area contributed by atoms with Gasteiger partial charge in [0.1, 0.15) is 0 Å². The van der Waals surface area contributed by atoms with Crippen molar-refractivity contribution in [2.45, 2.75) is 38.5 Å². The standard InChI is InChI=1S/C9H14BrF3N4/c1-2-3-17-8(6(10)5-15-17)7(16-14)4-9(11,12)13/h5,7,16H,2-4,14H2,1H3. The molecule has 1 atom stereocenters. The molecule has 4 nitrogen and oxygen atoms in total. The summed E-state index contributed by atoms with van der Waals surface area (Å²) in [5.74, 6) is 5.19. The van der Waals surface area contributed by atoms with E-state index in [1.807, 2.05) is 6.92 Å². The molecule has 1 unspecified atom stereocenters. The molecule has 0 aliphatic rings. The maximum absolute atomic E-state index is 12.4. The number of hydrazine groups is 1. The van der Waals surface area contributed by atoms with E-state index in [1.54, 1.807) is 0 Å². The van der Waals surface area contributed by atoms with Crippen LogP contribution in [0.15, 0.2) is 10.7 Å². The molecule has 17 heavy (non-hydrogen) atoms. The summed E-state index contributed by atoms with van der Waals surface area (Å²) in [4.78, 5) is 0. The first-order valence-corrected chi connectivity index (χ1v) is 5.92. The van der Waals surface area contributed by atoms with Crippen molar-refractivity contribution < 1.29 is 13.2 Å². The van der Waals surface area contributed by atoms with Crippen LogP contribution < -0.4 is 11.3 Å². The largest absolute Gasteiger partial charge is 0.391 e. The number of nitrogens with one attached hydrogen (secondary N) is 1. The number of hydrogen-bond donors (Lipinski definition) is 2. The van der Waals surface area contributed by atoms with Crippen LogP contribution in [0.3, 0.4) is 0 Å². The van der Waals surface area contributed by atoms with Crippen molar-refractivity contribution in [2.75, 3.05) is 0 Å². The van der Waals surface area contributed by atoms with Gasteiger partial charge in [-0.3, -0.25) is 16.0 Å². The van der Waals surface area contributed by atoms with Gasteiger partial charge in [0.25, 0.3) is 0 Å². The second kappa shape index (κ2) is 5.83. The number of rotatable bonds is 5. The second-order valence-electron chi connectivity index (χ2n) is 3.64. The number of aromatic nitrogens is 2. The quantitative estimate of drug-likeness (QED) is 0.648. The molecule has 0 bridgehead atoms. The van der Waals surface area contributed by atoms with Gasteiger partial charge in [-0.2, -0.15) is 18.3 Å². The summed E-state index contributed by atoms with van der Waals surface area (Å²) in [6.07, 6.45) is -3.05. The number of halogens is 4. The van der Waals surface area contributed by atoms with Crippen LogP contribution in [-0.4, -0.2) is 16.0 Å². The molecule has 0 aromatic carbocycles. The lowest BCUT2D eigenvalue weighted by Gasteiger charge is -2.19. The Hall–Kier alpha value is -0.600. The predicted molar refractivity (Wildman–Crippen MR) is 61.0 cm³/mol. The molecule has 1 heterocycles. The van der Waals surface area contributed by atoms with Crippen LogP contribution in [0.4, 0.5) is 13.2 Å². The highest BCUT2D eigenvalue weighted by Gasteiger charge is 2.34. The van der Waals surface area contributed by atoms with Crippen molar-refractivity contribution in [3.63, 3.8) is 0 Å². The molecule has 98 valence electrons. The fraction of sp³-hybridized carbons (Fsp3) is 0.667. The SMILES string of the molecule is CCCn1ncc(Br)c1C(CC(F)(F)F)NN. The summed E-state index contributed by atoms with van der Waals surface area (Å²) >= 11 is 3.19. The van der Waals surface area contributed by atoms with Crippen molar-refractivity contribution in [3.8, 4) is 0 Å². The Bertz CT molecular complexity index is 364. The van der Waals surface area contributed by atoms with E-state index in [9.17, 15) is 13.2 Å². The topological polar surface area (TPSA) is 55.9 Å². The average molecular weight is 315 g/mol. The predicted octanol–water partition coefficient (Wildman–Crippen LogP) is 2.51. The smallest absolute Gasteiger partial charge is 0.271 e. The van der Waals surface area contributed by atoms with Crippen LogP contribution in [0, 0.1) is 0 Å². The fourth-order valence-corrected chi connectivity index (χ4v) is 2.15. The Kier molecular flexibility index (Phi) is 4.96. The van der Waals surface area contributed by atoms with Gasteiger partial charge in [-0.25, -0.2) is 0 Å². The third-order valence-corrected chi connectivity index (χ3v) is 2.85. The van der Waals surface area contributed by atoms with Crippen LogP contribution in [0.25, 0.3) is 0 Å².